The van der Waals surface area contributed by atoms with Gasteiger partial charge in [-0.05, 0) is 48.5 Å². The molecule has 1 aliphatic rings. The zero-order valence-electron chi connectivity index (χ0n) is 13.2. The van der Waals surface area contributed by atoms with Gasteiger partial charge < -0.3 is 0 Å². The second-order valence-electron chi connectivity index (χ2n) is 7.13. The average Bonchev–Trinajstić information content (AvgIpc) is 2.83. The van der Waals surface area contributed by atoms with Crippen molar-refractivity contribution in [3.63, 3.8) is 0 Å². The van der Waals surface area contributed by atoms with Crippen LogP contribution in [0.3, 0.4) is 0 Å². The molecule has 3 N–H and O–H groups in total. The van der Waals surface area contributed by atoms with Crippen LogP contribution in [0.5, 0.6) is 0 Å². The quantitative estimate of drug-likeness (QED) is 0.657. The van der Waals surface area contributed by atoms with Crippen LogP contribution in [0.15, 0.2) is 24.3 Å². The van der Waals surface area contributed by atoms with Crippen molar-refractivity contribution in [3.8, 4) is 0 Å². The van der Waals surface area contributed by atoms with Gasteiger partial charge >= 0.3 is 0 Å². The molecular formula is C17H28N2S. The van der Waals surface area contributed by atoms with Gasteiger partial charge in [0.05, 0.1) is 0 Å². The minimum atomic E-state index is 0.220. The third kappa shape index (κ3) is 3.57. The van der Waals surface area contributed by atoms with E-state index in [2.05, 4.69) is 69.1 Å². The second kappa shape index (κ2) is 6.08. The molecule has 1 aromatic rings. The molecule has 112 valence electrons. The minimum absolute atomic E-state index is 0.220. The van der Waals surface area contributed by atoms with E-state index in [1.807, 2.05) is 0 Å². The van der Waals surface area contributed by atoms with Crippen LogP contribution in [0.25, 0.3) is 0 Å². The highest BCUT2D eigenvalue weighted by atomic mass is 32.2. The number of benzene rings is 1. The normalized spacial score (nSPS) is 24.9. The molecule has 1 saturated heterocycles. The van der Waals surface area contributed by atoms with Gasteiger partial charge in [-0.3, -0.25) is 11.3 Å². The van der Waals surface area contributed by atoms with Gasteiger partial charge in [0.2, 0.25) is 0 Å². The molecule has 1 aromatic carbocycles. The Bertz CT molecular complexity index is 427. The number of thioether (sulfide) groups is 1. The molecule has 20 heavy (non-hydrogen) atoms. The van der Waals surface area contributed by atoms with Gasteiger partial charge in [0.15, 0.2) is 0 Å². The molecule has 2 atom stereocenters. The lowest BCUT2D eigenvalue weighted by molar-refractivity contribution is 0.405. The molecule has 1 heterocycles. The molecule has 0 amide bonds. The zero-order valence-corrected chi connectivity index (χ0v) is 14.0. The molecular weight excluding hydrogens is 264 g/mol. The van der Waals surface area contributed by atoms with Crippen molar-refractivity contribution in [2.45, 2.75) is 63.2 Å². The van der Waals surface area contributed by atoms with E-state index in [9.17, 15) is 0 Å². The first-order valence-electron chi connectivity index (χ1n) is 7.55. The summed E-state index contributed by atoms with van der Waals surface area (Å²) in [6, 6.07) is 9.37. The first-order chi connectivity index (χ1) is 9.35. The standard InChI is InChI=1S/C17H28N2S/c1-16(2,3)14-8-6-13(7-9-14)12-15(19-18)17(4)10-5-11-20-17/h6-9,15,19H,5,10-12,18H2,1-4H3. The monoisotopic (exact) mass is 292 g/mol. The summed E-state index contributed by atoms with van der Waals surface area (Å²) in [7, 11) is 0. The topological polar surface area (TPSA) is 38.0 Å². The summed E-state index contributed by atoms with van der Waals surface area (Å²) in [5.41, 5.74) is 6.04. The van der Waals surface area contributed by atoms with Gasteiger partial charge in [0.25, 0.3) is 0 Å². The van der Waals surface area contributed by atoms with Crippen molar-refractivity contribution >= 4 is 11.8 Å². The largest absolute Gasteiger partial charge is 0.271 e. The fraction of sp³-hybridized carbons (Fsp3) is 0.647. The molecule has 0 spiro atoms. The Balaban J connectivity index is 2.08. The van der Waals surface area contributed by atoms with Gasteiger partial charge in [-0.25, -0.2) is 0 Å². The molecule has 0 bridgehead atoms. The van der Waals surface area contributed by atoms with Crippen LogP contribution >= 0.6 is 11.8 Å². The van der Waals surface area contributed by atoms with Crippen LogP contribution in [-0.4, -0.2) is 16.5 Å². The van der Waals surface area contributed by atoms with Crippen LogP contribution in [0.2, 0.25) is 0 Å². The summed E-state index contributed by atoms with van der Waals surface area (Å²) < 4.78 is 0.275. The Morgan fingerprint density at radius 1 is 1.30 bits per heavy atom. The summed E-state index contributed by atoms with van der Waals surface area (Å²) in [4.78, 5) is 0. The molecule has 2 rings (SSSR count). The van der Waals surface area contributed by atoms with E-state index < -0.39 is 0 Å². The number of hydrogen-bond acceptors (Lipinski definition) is 3. The lowest BCUT2D eigenvalue weighted by Gasteiger charge is -2.33. The lowest BCUT2D eigenvalue weighted by atomic mass is 9.85. The summed E-state index contributed by atoms with van der Waals surface area (Å²) in [6.07, 6.45) is 3.57. The van der Waals surface area contributed by atoms with Crippen LogP contribution in [-0.2, 0) is 11.8 Å². The molecule has 0 radical (unpaired) electrons. The third-order valence-electron chi connectivity index (χ3n) is 4.45. The summed E-state index contributed by atoms with van der Waals surface area (Å²) in [5, 5.41) is 0. The first-order valence-corrected chi connectivity index (χ1v) is 8.53. The van der Waals surface area contributed by atoms with Crippen molar-refractivity contribution in [2.24, 2.45) is 5.84 Å². The van der Waals surface area contributed by atoms with Gasteiger partial charge in [-0.2, -0.15) is 11.8 Å². The minimum Gasteiger partial charge on any atom is -0.271 e. The highest BCUT2D eigenvalue weighted by Crippen LogP contribution is 2.41. The van der Waals surface area contributed by atoms with Crippen LogP contribution in [0.4, 0.5) is 0 Å². The Labute approximate surface area is 127 Å². The number of nitrogens with two attached hydrogens (primary N) is 1. The summed E-state index contributed by atoms with van der Waals surface area (Å²) in [5.74, 6) is 7.08. The average molecular weight is 292 g/mol. The number of hydrogen-bond donors (Lipinski definition) is 2. The Morgan fingerprint density at radius 3 is 2.40 bits per heavy atom. The van der Waals surface area contributed by atoms with E-state index >= 15 is 0 Å². The van der Waals surface area contributed by atoms with Gasteiger partial charge in [0.1, 0.15) is 0 Å². The van der Waals surface area contributed by atoms with Crippen molar-refractivity contribution < 1.29 is 0 Å². The van der Waals surface area contributed by atoms with E-state index in [1.54, 1.807) is 0 Å². The van der Waals surface area contributed by atoms with Gasteiger partial charge in [0, 0.05) is 10.8 Å². The number of hydrazine groups is 1. The van der Waals surface area contributed by atoms with Gasteiger partial charge in [-0.15, -0.1) is 0 Å². The first kappa shape index (κ1) is 15.9. The highest BCUT2D eigenvalue weighted by molar-refractivity contribution is 8.00. The van der Waals surface area contributed by atoms with Crippen LogP contribution in [0, 0.1) is 0 Å². The third-order valence-corrected chi connectivity index (χ3v) is 6.09. The predicted octanol–water partition coefficient (Wildman–Crippen LogP) is 3.64. The second-order valence-corrected chi connectivity index (χ2v) is 8.76. The lowest BCUT2D eigenvalue weighted by Crippen LogP contribution is -2.50. The Hall–Kier alpha value is -0.510. The van der Waals surface area contributed by atoms with Crippen LogP contribution in [0.1, 0.15) is 51.7 Å². The Morgan fingerprint density at radius 2 is 1.95 bits per heavy atom. The fourth-order valence-electron chi connectivity index (χ4n) is 2.90. The molecule has 3 heteroatoms. The van der Waals surface area contributed by atoms with E-state index in [0.29, 0.717) is 6.04 Å². The maximum atomic E-state index is 5.82. The van der Waals surface area contributed by atoms with E-state index in [1.165, 1.54) is 29.7 Å². The molecule has 0 aliphatic carbocycles. The molecule has 2 nitrogen and oxygen atoms in total. The van der Waals surface area contributed by atoms with Crippen molar-refractivity contribution in [2.75, 3.05) is 5.75 Å². The zero-order chi connectivity index (χ0) is 14.8. The molecule has 1 aliphatic heterocycles. The number of rotatable bonds is 4. The SMILES string of the molecule is CC(C)(C)c1ccc(CC(NN)C2(C)CCCS2)cc1. The summed E-state index contributed by atoms with van der Waals surface area (Å²) >= 11 is 2.06. The van der Waals surface area contributed by atoms with Crippen molar-refractivity contribution in [1.29, 1.82) is 0 Å². The smallest absolute Gasteiger partial charge is 0.0395 e. The predicted molar refractivity (Wildman–Crippen MR) is 90.1 cm³/mol. The maximum absolute atomic E-state index is 5.82. The van der Waals surface area contributed by atoms with E-state index in [0.717, 1.165) is 6.42 Å². The van der Waals surface area contributed by atoms with E-state index in [-0.39, 0.29) is 10.2 Å². The van der Waals surface area contributed by atoms with E-state index in [4.69, 9.17) is 5.84 Å². The Kier molecular flexibility index (Phi) is 4.83. The van der Waals surface area contributed by atoms with Crippen LogP contribution < -0.4 is 11.3 Å². The van der Waals surface area contributed by atoms with Crippen molar-refractivity contribution in [3.05, 3.63) is 35.4 Å². The molecule has 0 aromatic heterocycles. The van der Waals surface area contributed by atoms with Crippen molar-refractivity contribution in [1.82, 2.24) is 5.43 Å². The van der Waals surface area contributed by atoms with Gasteiger partial charge in [-0.1, -0.05) is 45.0 Å². The maximum Gasteiger partial charge on any atom is 0.0395 e. The summed E-state index contributed by atoms with van der Waals surface area (Å²) in [6.45, 7) is 9.10. The molecule has 1 fully saturated rings. The molecule has 2 unspecified atom stereocenters. The highest BCUT2D eigenvalue weighted by Gasteiger charge is 2.37. The number of nitrogens with one attached hydrogen (secondary N) is 1. The fourth-order valence-corrected chi connectivity index (χ4v) is 4.30. The molecule has 0 saturated carbocycles.